The second-order valence-corrected chi connectivity index (χ2v) is 10.2. The summed E-state index contributed by atoms with van der Waals surface area (Å²) in [5.74, 6) is 0. The molecular formula is C37H26N2. The maximum Gasteiger partial charge on any atom is 0.101 e. The number of anilines is 3. The van der Waals surface area contributed by atoms with Gasteiger partial charge < -0.3 is 4.90 Å². The first-order valence-electron chi connectivity index (χ1n) is 13.3. The number of para-hydroxylation sites is 2. The van der Waals surface area contributed by atoms with Crippen LogP contribution in [0.4, 0.5) is 17.1 Å². The molecule has 6 aromatic carbocycles. The van der Waals surface area contributed by atoms with E-state index < -0.39 is 0 Å². The van der Waals surface area contributed by atoms with Crippen molar-refractivity contribution in [1.82, 2.24) is 0 Å². The van der Waals surface area contributed by atoms with Crippen molar-refractivity contribution in [3.63, 3.8) is 0 Å². The van der Waals surface area contributed by atoms with E-state index in [1.54, 1.807) is 0 Å². The first-order valence-corrected chi connectivity index (χ1v) is 13.3. The van der Waals surface area contributed by atoms with Crippen molar-refractivity contribution >= 4 is 27.8 Å². The van der Waals surface area contributed by atoms with Gasteiger partial charge in [-0.2, -0.15) is 5.26 Å². The fourth-order valence-corrected chi connectivity index (χ4v) is 6.12. The SMILES string of the molecule is Cc1ccccc1N(c1cccc(-c2ccc3c4c(cccc24)-c2ccccc2-3)c1)c1c(C)cccc1C#N. The number of benzene rings is 6. The van der Waals surface area contributed by atoms with Crippen LogP contribution in [0.2, 0.25) is 0 Å². The summed E-state index contributed by atoms with van der Waals surface area (Å²) in [5.41, 5.74) is 13.5. The smallest absolute Gasteiger partial charge is 0.101 e. The molecule has 0 amide bonds. The van der Waals surface area contributed by atoms with Gasteiger partial charge in [-0.15, -0.1) is 0 Å². The predicted molar refractivity (Wildman–Crippen MR) is 163 cm³/mol. The molecule has 39 heavy (non-hydrogen) atoms. The van der Waals surface area contributed by atoms with Gasteiger partial charge in [0.15, 0.2) is 0 Å². The molecule has 2 heteroatoms. The lowest BCUT2D eigenvalue weighted by Crippen LogP contribution is -2.14. The van der Waals surface area contributed by atoms with Crippen LogP contribution >= 0.6 is 0 Å². The van der Waals surface area contributed by atoms with Gasteiger partial charge in [0.1, 0.15) is 6.07 Å². The van der Waals surface area contributed by atoms with Gasteiger partial charge in [-0.25, -0.2) is 0 Å². The van der Waals surface area contributed by atoms with Gasteiger partial charge in [0.2, 0.25) is 0 Å². The summed E-state index contributed by atoms with van der Waals surface area (Å²) >= 11 is 0. The van der Waals surface area contributed by atoms with E-state index in [0.29, 0.717) is 5.56 Å². The number of hydrogen-bond acceptors (Lipinski definition) is 2. The predicted octanol–water partition coefficient (Wildman–Crippen LogP) is 10.1. The van der Waals surface area contributed by atoms with E-state index in [0.717, 1.165) is 33.8 Å². The zero-order chi connectivity index (χ0) is 26.5. The monoisotopic (exact) mass is 498 g/mol. The molecule has 0 aromatic heterocycles. The molecule has 6 aromatic rings. The molecule has 0 atom stereocenters. The molecule has 0 spiro atoms. The summed E-state index contributed by atoms with van der Waals surface area (Å²) in [6.45, 7) is 4.20. The molecule has 0 saturated heterocycles. The minimum absolute atomic E-state index is 0.659. The van der Waals surface area contributed by atoms with Crippen molar-refractivity contribution < 1.29 is 0 Å². The maximum atomic E-state index is 10.1. The highest BCUT2D eigenvalue weighted by molar-refractivity contribution is 6.18. The maximum absolute atomic E-state index is 10.1. The number of rotatable bonds is 4. The average molecular weight is 499 g/mol. The molecule has 0 radical (unpaired) electrons. The highest BCUT2D eigenvalue weighted by atomic mass is 15.1. The Balaban J connectivity index is 1.45. The lowest BCUT2D eigenvalue weighted by Gasteiger charge is -2.29. The Bertz CT molecular complexity index is 1930. The summed E-state index contributed by atoms with van der Waals surface area (Å²) in [7, 11) is 0. The van der Waals surface area contributed by atoms with Gasteiger partial charge in [0.05, 0.1) is 11.3 Å². The third-order valence-electron chi connectivity index (χ3n) is 7.90. The van der Waals surface area contributed by atoms with Crippen molar-refractivity contribution in [3.05, 3.63) is 138 Å². The fraction of sp³-hybridized carbons (Fsp3) is 0.0541. The molecule has 1 aliphatic rings. The van der Waals surface area contributed by atoms with Crippen LogP contribution in [0.15, 0.2) is 121 Å². The van der Waals surface area contributed by atoms with Crippen molar-refractivity contribution in [2.24, 2.45) is 0 Å². The quantitative estimate of drug-likeness (QED) is 0.241. The highest BCUT2D eigenvalue weighted by Crippen LogP contribution is 2.49. The lowest BCUT2D eigenvalue weighted by atomic mass is 9.94. The average Bonchev–Trinajstić information content (AvgIpc) is 3.30. The Morgan fingerprint density at radius 2 is 1.21 bits per heavy atom. The molecular weight excluding hydrogens is 472 g/mol. The zero-order valence-corrected chi connectivity index (χ0v) is 21.9. The molecule has 0 bridgehead atoms. The van der Waals surface area contributed by atoms with Gasteiger partial charge in [0.25, 0.3) is 0 Å². The van der Waals surface area contributed by atoms with Gasteiger partial charge in [-0.3, -0.25) is 0 Å². The molecule has 0 unspecified atom stereocenters. The Morgan fingerprint density at radius 1 is 0.564 bits per heavy atom. The van der Waals surface area contributed by atoms with E-state index in [1.165, 1.54) is 38.6 Å². The van der Waals surface area contributed by atoms with E-state index in [2.05, 4.69) is 134 Å². The van der Waals surface area contributed by atoms with Crippen LogP contribution < -0.4 is 4.90 Å². The number of fused-ring (bicyclic) bond motifs is 3. The number of hydrogen-bond donors (Lipinski definition) is 0. The molecule has 7 rings (SSSR count). The van der Waals surface area contributed by atoms with Crippen LogP contribution in [0.5, 0.6) is 0 Å². The van der Waals surface area contributed by atoms with Gasteiger partial charge in [-0.1, -0.05) is 97.1 Å². The van der Waals surface area contributed by atoms with Gasteiger partial charge in [0, 0.05) is 11.4 Å². The Labute approximate surface area is 229 Å². The summed E-state index contributed by atoms with van der Waals surface area (Å²) in [6, 6.07) is 45.3. The number of nitrogens with zero attached hydrogens (tertiary/aromatic N) is 2. The standard InChI is InChI=1S/C37H26N2/c1-24-10-3-6-19-35(24)39(37-25(2)11-7-13-27(37)23-38)28-14-8-12-26(22-28)29-20-21-34-31-16-5-4-15-30(31)33-18-9-17-32(29)36(33)34/h3-22H,1-2H3. The summed E-state index contributed by atoms with van der Waals surface area (Å²) in [4.78, 5) is 2.24. The first kappa shape index (κ1) is 23.0. The van der Waals surface area contributed by atoms with Crippen LogP contribution in [-0.4, -0.2) is 0 Å². The molecule has 0 aliphatic heterocycles. The van der Waals surface area contributed by atoms with E-state index in [4.69, 9.17) is 0 Å². The van der Waals surface area contributed by atoms with Crippen molar-refractivity contribution in [2.45, 2.75) is 13.8 Å². The third-order valence-corrected chi connectivity index (χ3v) is 7.90. The number of aryl methyl sites for hydroxylation is 2. The Morgan fingerprint density at radius 3 is 2.00 bits per heavy atom. The molecule has 2 nitrogen and oxygen atoms in total. The third kappa shape index (κ3) is 3.55. The van der Waals surface area contributed by atoms with Crippen molar-refractivity contribution in [3.8, 4) is 39.4 Å². The largest absolute Gasteiger partial charge is 0.309 e. The normalized spacial score (nSPS) is 11.3. The fourth-order valence-electron chi connectivity index (χ4n) is 6.12. The molecule has 0 fully saturated rings. The topological polar surface area (TPSA) is 27.0 Å². The van der Waals surface area contributed by atoms with E-state index >= 15 is 0 Å². The Kier molecular flexibility index (Phi) is 5.32. The van der Waals surface area contributed by atoms with Crippen LogP contribution in [0.3, 0.4) is 0 Å². The minimum Gasteiger partial charge on any atom is -0.309 e. The molecule has 0 N–H and O–H groups in total. The minimum atomic E-state index is 0.659. The van der Waals surface area contributed by atoms with Crippen molar-refractivity contribution in [1.29, 1.82) is 5.26 Å². The van der Waals surface area contributed by atoms with Crippen LogP contribution in [-0.2, 0) is 0 Å². The number of nitriles is 1. The lowest BCUT2D eigenvalue weighted by molar-refractivity contribution is 1.21. The second kappa shape index (κ2) is 9.01. The van der Waals surface area contributed by atoms with Crippen molar-refractivity contribution in [2.75, 3.05) is 4.90 Å². The van der Waals surface area contributed by atoms with Gasteiger partial charge in [-0.05, 0) is 93.4 Å². The summed E-state index contributed by atoms with van der Waals surface area (Å²) in [5, 5.41) is 12.6. The molecule has 0 heterocycles. The summed E-state index contributed by atoms with van der Waals surface area (Å²) in [6.07, 6.45) is 0. The molecule has 1 aliphatic carbocycles. The van der Waals surface area contributed by atoms with E-state index in [-0.39, 0.29) is 0 Å². The van der Waals surface area contributed by atoms with Crippen LogP contribution in [0.25, 0.3) is 44.2 Å². The summed E-state index contributed by atoms with van der Waals surface area (Å²) < 4.78 is 0. The second-order valence-electron chi connectivity index (χ2n) is 10.2. The van der Waals surface area contributed by atoms with Crippen LogP contribution in [0.1, 0.15) is 16.7 Å². The van der Waals surface area contributed by atoms with E-state index in [9.17, 15) is 5.26 Å². The highest BCUT2D eigenvalue weighted by Gasteiger charge is 2.23. The molecule has 184 valence electrons. The Hall–Kier alpha value is -5.13. The van der Waals surface area contributed by atoms with Gasteiger partial charge >= 0.3 is 0 Å². The van der Waals surface area contributed by atoms with Crippen LogP contribution in [0, 0.1) is 25.2 Å². The van der Waals surface area contributed by atoms with E-state index in [1.807, 2.05) is 12.1 Å². The molecule has 0 saturated carbocycles. The zero-order valence-electron chi connectivity index (χ0n) is 21.9. The first-order chi connectivity index (χ1) is 19.2.